The minimum Gasteiger partial charge on any atom is -0.468 e. The van der Waals surface area contributed by atoms with Gasteiger partial charge in [0.2, 0.25) is 0 Å². The van der Waals surface area contributed by atoms with Crippen molar-refractivity contribution >= 4 is 5.78 Å². The molecule has 0 N–H and O–H groups in total. The smallest absolute Gasteiger partial charge is 0.162 e. The Hall–Kier alpha value is -1.94. The van der Waals surface area contributed by atoms with Gasteiger partial charge >= 0.3 is 0 Å². The first-order chi connectivity index (χ1) is 10.2. The van der Waals surface area contributed by atoms with Crippen molar-refractivity contribution < 1.29 is 13.6 Å². The molecule has 2 aromatic rings. The number of benzene rings is 1. The summed E-state index contributed by atoms with van der Waals surface area (Å²) >= 11 is 0. The number of hydrogen-bond acceptors (Lipinski definition) is 3. The van der Waals surface area contributed by atoms with Crippen LogP contribution in [0.25, 0.3) is 0 Å². The van der Waals surface area contributed by atoms with Crippen LogP contribution >= 0.6 is 0 Å². The van der Waals surface area contributed by atoms with Crippen molar-refractivity contribution in [2.24, 2.45) is 0 Å². The highest BCUT2D eigenvalue weighted by Crippen LogP contribution is 2.10. The largest absolute Gasteiger partial charge is 0.468 e. The van der Waals surface area contributed by atoms with Crippen molar-refractivity contribution in [3.8, 4) is 0 Å². The summed E-state index contributed by atoms with van der Waals surface area (Å²) in [5.41, 5.74) is 0.575. The fraction of sp³-hybridized carbons (Fsp3) is 0.353. The quantitative estimate of drug-likeness (QED) is 0.691. The molecule has 0 amide bonds. The monoisotopic (exact) mass is 289 g/mol. The van der Waals surface area contributed by atoms with Crippen LogP contribution in [-0.2, 0) is 6.54 Å². The van der Waals surface area contributed by atoms with Gasteiger partial charge in [-0.15, -0.1) is 0 Å². The second-order valence-corrected chi connectivity index (χ2v) is 4.98. The van der Waals surface area contributed by atoms with Gasteiger partial charge in [0, 0.05) is 12.0 Å². The van der Waals surface area contributed by atoms with Crippen LogP contribution < -0.4 is 0 Å². The lowest BCUT2D eigenvalue weighted by Crippen LogP contribution is -2.24. The zero-order valence-electron chi connectivity index (χ0n) is 12.2. The molecule has 0 saturated carbocycles. The molecule has 4 heteroatoms. The van der Waals surface area contributed by atoms with Crippen LogP contribution in [-0.4, -0.2) is 23.8 Å². The van der Waals surface area contributed by atoms with Gasteiger partial charge in [-0.25, -0.2) is 4.39 Å². The van der Waals surface area contributed by atoms with Gasteiger partial charge in [-0.2, -0.15) is 0 Å². The molecule has 1 aromatic heterocycles. The summed E-state index contributed by atoms with van der Waals surface area (Å²) in [6.07, 6.45) is 2.92. The highest BCUT2D eigenvalue weighted by atomic mass is 19.1. The van der Waals surface area contributed by atoms with E-state index in [0.717, 1.165) is 31.8 Å². The summed E-state index contributed by atoms with van der Waals surface area (Å²) in [5, 5.41) is 0. The van der Waals surface area contributed by atoms with Gasteiger partial charge in [-0.1, -0.05) is 6.92 Å². The van der Waals surface area contributed by atoms with Gasteiger partial charge in [0.25, 0.3) is 0 Å². The fourth-order valence-electron chi connectivity index (χ4n) is 2.22. The molecule has 0 radical (unpaired) electrons. The van der Waals surface area contributed by atoms with Crippen LogP contribution in [0.15, 0.2) is 47.1 Å². The van der Waals surface area contributed by atoms with E-state index in [0.29, 0.717) is 12.0 Å². The summed E-state index contributed by atoms with van der Waals surface area (Å²) < 4.78 is 18.1. The van der Waals surface area contributed by atoms with Crippen molar-refractivity contribution in [1.29, 1.82) is 0 Å². The Bertz CT molecular complexity index is 549. The van der Waals surface area contributed by atoms with Gasteiger partial charge in [-0.3, -0.25) is 9.69 Å². The molecule has 112 valence electrons. The van der Waals surface area contributed by atoms with Gasteiger partial charge in [0.15, 0.2) is 5.78 Å². The maximum atomic E-state index is 12.8. The molecular weight excluding hydrogens is 269 g/mol. The van der Waals surface area contributed by atoms with Crippen molar-refractivity contribution in [2.45, 2.75) is 26.3 Å². The Morgan fingerprint density at radius 3 is 2.62 bits per heavy atom. The Kier molecular flexibility index (Phi) is 5.69. The first-order valence-corrected chi connectivity index (χ1v) is 7.22. The Morgan fingerprint density at radius 1 is 1.24 bits per heavy atom. The van der Waals surface area contributed by atoms with Crippen LogP contribution in [0.3, 0.4) is 0 Å². The molecule has 0 aliphatic heterocycles. The summed E-state index contributed by atoms with van der Waals surface area (Å²) in [6, 6.07) is 9.55. The van der Waals surface area contributed by atoms with Gasteiger partial charge in [0.1, 0.15) is 11.6 Å². The van der Waals surface area contributed by atoms with Crippen molar-refractivity contribution in [2.75, 3.05) is 13.1 Å². The zero-order chi connectivity index (χ0) is 15.1. The highest BCUT2D eigenvalue weighted by molar-refractivity contribution is 5.95. The SMILES string of the molecule is CCN(CCCC(=O)c1ccc(F)cc1)Cc1ccco1. The molecule has 0 aliphatic rings. The molecule has 0 atom stereocenters. The lowest BCUT2D eigenvalue weighted by molar-refractivity contribution is 0.0974. The lowest BCUT2D eigenvalue weighted by atomic mass is 10.1. The highest BCUT2D eigenvalue weighted by Gasteiger charge is 2.09. The number of nitrogens with zero attached hydrogens (tertiary/aromatic N) is 1. The molecule has 1 aromatic carbocycles. The average Bonchev–Trinajstić information content (AvgIpc) is 2.99. The average molecular weight is 289 g/mol. The molecule has 3 nitrogen and oxygen atoms in total. The first kappa shape index (κ1) is 15.4. The van der Waals surface area contributed by atoms with Crippen LogP contribution in [0.5, 0.6) is 0 Å². The maximum Gasteiger partial charge on any atom is 0.162 e. The van der Waals surface area contributed by atoms with Crippen LogP contribution in [0, 0.1) is 5.82 Å². The van der Waals surface area contributed by atoms with E-state index in [1.165, 1.54) is 24.3 Å². The molecule has 0 spiro atoms. The lowest BCUT2D eigenvalue weighted by Gasteiger charge is -2.18. The molecule has 0 aliphatic carbocycles. The number of rotatable bonds is 8. The van der Waals surface area contributed by atoms with E-state index in [4.69, 9.17) is 4.42 Å². The van der Waals surface area contributed by atoms with E-state index in [1.54, 1.807) is 6.26 Å². The Labute approximate surface area is 124 Å². The van der Waals surface area contributed by atoms with Gasteiger partial charge in [-0.05, 0) is 55.9 Å². The van der Waals surface area contributed by atoms with Crippen molar-refractivity contribution in [3.05, 3.63) is 59.8 Å². The standard InChI is InChI=1S/C17H20FNO2/c1-2-19(13-16-5-4-12-21-16)11-3-6-17(20)14-7-9-15(18)10-8-14/h4-5,7-10,12H,2-3,6,11,13H2,1H3. The number of carbonyl (C=O) groups is 1. The number of halogens is 1. The number of carbonyl (C=O) groups excluding carboxylic acids is 1. The van der Waals surface area contributed by atoms with E-state index >= 15 is 0 Å². The first-order valence-electron chi connectivity index (χ1n) is 7.22. The maximum absolute atomic E-state index is 12.8. The molecule has 0 bridgehead atoms. The van der Waals surface area contributed by atoms with E-state index in [1.807, 2.05) is 12.1 Å². The van der Waals surface area contributed by atoms with Crippen LogP contribution in [0.4, 0.5) is 4.39 Å². The fourth-order valence-corrected chi connectivity index (χ4v) is 2.22. The van der Waals surface area contributed by atoms with Crippen molar-refractivity contribution in [3.63, 3.8) is 0 Å². The van der Waals surface area contributed by atoms with E-state index in [9.17, 15) is 9.18 Å². The van der Waals surface area contributed by atoms with Crippen LogP contribution in [0.2, 0.25) is 0 Å². The van der Waals surface area contributed by atoms with Gasteiger partial charge in [0.05, 0.1) is 12.8 Å². The Morgan fingerprint density at radius 2 is 2.00 bits per heavy atom. The second kappa shape index (κ2) is 7.74. The number of hydrogen-bond donors (Lipinski definition) is 0. The van der Waals surface area contributed by atoms with Crippen molar-refractivity contribution in [1.82, 2.24) is 4.90 Å². The molecule has 0 fully saturated rings. The summed E-state index contributed by atoms with van der Waals surface area (Å²) in [7, 11) is 0. The van der Waals surface area contributed by atoms with E-state index in [2.05, 4.69) is 11.8 Å². The number of furan rings is 1. The molecule has 0 saturated heterocycles. The van der Waals surface area contributed by atoms with Gasteiger partial charge < -0.3 is 4.42 Å². The normalized spacial score (nSPS) is 11.0. The van der Waals surface area contributed by atoms with E-state index < -0.39 is 0 Å². The topological polar surface area (TPSA) is 33.5 Å². The zero-order valence-corrected chi connectivity index (χ0v) is 12.2. The minimum atomic E-state index is -0.317. The summed E-state index contributed by atoms with van der Waals surface area (Å²) in [5.74, 6) is 0.674. The third-order valence-electron chi connectivity index (χ3n) is 3.45. The predicted octanol–water partition coefficient (Wildman–Crippen LogP) is 3.90. The second-order valence-electron chi connectivity index (χ2n) is 4.98. The van der Waals surface area contributed by atoms with Crippen LogP contribution in [0.1, 0.15) is 35.9 Å². The predicted molar refractivity (Wildman–Crippen MR) is 79.6 cm³/mol. The third kappa shape index (κ3) is 4.83. The molecule has 1 heterocycles. The third-order valence-corrected chi connectivity index (χ3v) is 3.45. The molecular formula is C17H20FNO2. The molecule has 0 unspecified atom stereocenters. The summed E-state index contributed by atoms with van der Waals surface area (Å²) in [6.45, 7) is 4.59. The van der Waals surface area contributed by atoms with E-state index in [-0.39, 0.29) is 11.6 Å². The number of ketones is 1. The minimum absolute atomic E-state index is 0.0593. The number of Topliss-reactive ketones (excluding diaryl/α,β-unsaturated/α-hetero) is 1. The Balaban J connectivity index is 1.77. The summed E-state index contributed by atoms with van der Waals surface area (Å²) in [4.78, 5) is 14.2. The molecule has 2 rings (SSSR count). The molecule has 21 heavy (non-hydrogen) atoms.